The van der Waals surface area contributed by atoms with E-state index in [0.29, 0.717) is 17.8 Å². The van der Waals surface area contributed by atoms with Crippen molar-refractivity contribution < 1.29 is 9.90 Å². The van der Waals surface area contributed by atoms with E-state index < -0.39 is 0 Å². The summed E-state index contributed by atoms with van der Waals surface area (Å²) in [7, 11) is 1.60. The molecule has 0 aromatic heterocycles. The topological polar surface area (TPSA) is 78.6 Å². The van der Waals surface area contributed by atoms with Gasteiger partial charge in [-0.05, 0) is 31.0 Å². The number of nitrogens with one attached hydrogen (secondary N) is 1. The van der Waals surface area contributed by atoms with Crippen molar-refractivity contribution in [3.63, 3.8) is 0 Å². The number of amides is 1. The van der Waals surface area contributed by atoms with Gasteiger partial charge in [-0.1, -0.05) is 0 Å². The van der Waals surface area contributed by atoms with E-state index in [9.17, 15) is 9.90 Å². The highest BCUT2D eigenvalue weighted by atomic mass is 16.3. The highest BCUT2D eigenvalue weighted by molar-refractivity contribution is 5.96. The van der Waals surface area contributed by atoms with E-state index >= 15 is 0 Å². The number of carbonyl (C=O) groups excluding carboxylic acids is 1. The highest BCUT2D eigenvalue weighted by Crippen LogP contribution is 2.27. The van der Waals surface area contributed by atoms with Crippen LogP contribution in [0, 0.1) is 0 Å². The first-order chi connectivity index (χ1) is 8.61. The summed E-state index contributed by atoms with van der Waals surface area (Å²) in [4.78, 5) is 13.6. The van der Waals surface area contributed by atoms with Crippen molar-refractivity contribution >= 4 is 17.3 Å². The fraction of sp³-hybridized carbons (Fsp3) is 0.462. The van der Waals surface area contributed by atoms with Crippen LogP contribution in [0.15, 0.2) is 18.2 Å². The fourth-order valence-corrected chi connectivity index (χ4v) is 2.28. The predicted molar refractivity (Wildman–Crippen MR) is 71.7 cm³/mol. The van der Waals surface area contributed by atoms with Gasteiger partial charge in [0, 0.05) is 25.7 Å². The summed E-state index contributed by atoms with van der Waals surface area (Å²) in [5.74, 6) is -0.131. The van der Waals surface area contributed by atoms with Crippen LogP contribution in [0.2, 0.25) is 0 Å². The average molecular weight is 249 g/mol. The average Bonchev–Trinajstić information content (AvgIpc) is 2.38. The van der Waals surface area contributed by atoms with Crippen molar-refractivity contribution in [2.24, 2.45) is 0 Å². The molecular formula is C13H19N3O2. The van der Waals surface area contributed by atoms with E-state index in [1.54, 1.807) is 25.2 Å². The van der Waals surface area contributed by atoms with E-state index in [2.05, 4.69) is 5.32 Å². The van der Waals surface area contributed by atoms with E-state index in [0.717, 1.165) is 25.1 Å². The molecule has 1 fully saturated rings. The number of nitrogens with zero attached hydrogens (tertiary/aromatic N) is 1. The van der Waals surface area contributed by atoms with Gasteiger partial charge in [-0.2, -0.15) is 0 Å². The number of nitrogens with two attached hydrogens (primary N) is 1. The lowest BCUT2D eigenvalue weighted by Gasteiger charge is -2.33. The number of hydrogen-bond donors (Lipinski definition) is 3. The van der Waals surface area contributed by atoms with Crippen LogP contribution >= 0.6 is 0 Å². The van der Waals surface area contributed by atoms with Crippen molar-refractivity contribution in [2.75, 3.05) is 30.8 Å². The molecule has 0 bridgehead atoms. The number of anilines is 2. The minimum absolute atomic E-state index is 0.131. The zero-order valence-corrected chi connectivity index (χ0v) is 10.5. The van der Waals surface area contributed by atoms with Crippen molar-refractivity contribution in [3.05, 3.63) is 23.8 Å². The summed E-state index contributed by atoms with van der Waals surface area (Å²) < 4.78 is 0. The van der Waals surface area contributed by atoms with Crippen molar-refractivity contribution in [3.8, 4) is 0 Å². The van der Waals surface area contributed by atoms with Gasteiger partial charge in [-0.25, -0.2) is 0 Å². The van der Waals surface area contributed by atoms with Crippen LogP contribution in [0.5, 0.6) is 0 Å². The lowest BCUT2D eigenvalue weighted by atomic mass is 10.1. The Bertz CT molecular complexity index is 448. The maximum absolute atomic E-state index is 11.6. The summed E-state index contributed by atoms with van der Waals surface area (Å²) in [5, 5.41) is 12.3. The minimum Gasteiger partial charge on any atom is -0.397 e. The lowest BCUT2D eigenvalue weighted by molar-refractivity contribution is 0.0963. The second-order valence-corrected chi connectivity index (χ2v) is 4.59. The quantitative estimate of drug-likeness (QED) is 0.670. The van der Waals surface area contributed by atoms with Gasteiger partial charge in [0.05, 0.1) is 17.5 Å². The third-order valence-corrected chi connectivity index (χ3v) is 3.26. The Balaban J connectivity index is 2.28. The number of β-amino-alcohol motifs (C(OH)–C–C–N with tert-alkyl or cyclic N) is 1. The van der Waals surface area contributed by atoms with Gasteiger partial charge in [-0.3, -0.25) is 4.79 Å². The molecule has 1 unspecified atom stereocenters. The minimum atomic E-state index is -0.318. The number of benzene rings is 1. The molecule has 1 atom stereocenters. The molecule has 2 rings (SSSR count). The summed E-state index contributed by atoms with van der Waals surface area (Å²) in [6.07, 6.45) is 1.44. The van der Waals surface area contributed by atoms with Crippen LogP contribution in [0.1, 0.15) is 23.2 Å². The number of rotatable bonds is 2. The smallest absolute Gasteiger partial charge is 0.251 e. The lowest BCUT2D eigenvalue weighted by Crippen LogP contribution is -2.38. The van der Waals surface area contributed by atoms with Gasteiger partial charge >= 0.3 is 0 Å². The largest absolute Gasteiger partial charge is 0.397 e. The molecule has 4 N–H and O–H groups in total. The van der Waals surface area contributed by atoms with Crippen LogP contribution in [0.25, 0.3) is 0 Å². The van der Waals surface area contributed by atoms with Crippen LogP contribution in [0.4, 0.5) is 11.4 Å². The molecule has 1 aliphatic rings. The first-order valence-electron chi connectivity index (χ1n) is 6.16. The van der Waals surface area contributed by atoms with Crippen LogP contribution in [0.3, 0.4) is 0 Å². The van der Waals surface area contributed by atoms with Crippen LogP contribution in [-0.2, 0) is 0 Å². The Morgan fingerprint density at radius 1 is 1.56 bits per heavy atom. The molecule has 18 heavy (non-hydrogen) atoms. The first-order valence-corrected chi connectivity index (χ1v) is 6.16. The molecule has 98 valence electrons. The fourth-order valence-electron chi connectivity index (χ4n) is 2.28. The van der Waals surface area contributed by atoms with E-state index in [1.807, 2.05) is 4.90 Å². The Morgan fingerprint density at radius 2 is 2.33 bits per heavy atom. The summed E-state index contributed by atoms with van der Waals surface area (Å²) >= 11 is 0. The zero-order valence-electron chi connectivity index (χ0n) is 10.5. The maximum atomic E-state index is 11.6. The Labute approximate surface area is 107 Å². The number of piperidine rings is 1. The molecule has 0 radical (unpaired) electrons. The Kier molecular flexibility index (Phi) is 3.72. The number of hydrogen-bond acceptors (Lipinski definition) is 4. The second kappa shape index (κ2) is 5.27. The molecule has 1 heterocycles. The van der Waals surface area contributed by atoms with Gasteiger partial charge in [0.25, 0.3) is 5.91 Å². The van der Waals surface area contributed by atoms with Gasteiger partial charge < -0.3 is 21.1 Å². The van der Waals surface area contributed by atoms with E-state index in [-0.39, 0.29) is 12.0 Å². The van der Waals surface area contributed by atoms with Crippen LogP contribution < -0.4 is 16.0 Å². The van der Waals surface area contributed by atoms with Gasteiger partial charge in [0.1, 0.15) is 0 Å². The highest BCUT2D eigenvalue weighted by Gasteiger charge is 2.20. The molecule has 5 heteroatoms. The molecule has 1 aliphatic heterocycles. The monoisotopic (exact) mass is 249 g/mol. The molecule has 1 aromatic carbocycles. The molecule has 5 nitrogen and oxygen atoms in total. The zero-order chi connectivity index (χ0) is 13.1. The standard InChI is InChI=1S/C13H19N3O2/c1-15-13(18)9-4-5-11(14)12(7-9)16-6-2-3-10(17)8-16/h4-5,7,10,17H,2-3,6,8,14H2,1H3,(H,15,18). The third-order valence-electron chi connectivity index (χ3n) is 3.26. The summed E-state index contributed by atoms with van der Waals surface area (Å²) in [6.45, 7) is 1.43. The third kappa shape index (κ3) is 2.56. The molecule has 1 saturated heterocycles. The van der Waals surface area contributed by atoms with Crippen molar-refractivity contribution in [1.82, 2.24) is 5.32 Å². The summed E-state index contributed by atoms with van der Waals surface area (Å²) in [5.41, 5.74) is 8.00. The maximum Gasteiger partial charge on any atom is 0.251 e. The normalized spacial score (nSPS) is 19.7. The molecule has 1 aromatic rings. The van der Waals surface area contributed by atoms with E-state index in [1.165, 1.54) is 0 Å². The van der Waals surface area contributed by atoms with E-state index in [4.69, 9.17) is 5.73 Å². The van der Waals surface area contributed by atoms with Crippen LogP contribution in [-0.4, -0.2) is 37.3 Å². The molecule has 0 aliphatic carbocycles. The number of aliphatic hydroxyl groups is 1. The number of carbonyl (C=O) groups is 1. The SMILES string of the molecule is CNC(=O)c1ccc(N)c(N2CCCC(O)C2)c1. The van der Waals surface area contributed by atoms with Crippen molar-refractivity contribution in [1.29, 1.82) is 0 Å². The van der Waals surface area contributed by atoms with Gasteiger partial charge in [0.2, 0.25) is 0 Å². The van der Waals surface area contributed by atoms with Crippen molar-refractivity contribution in [2.45, 2.75) is 18.9 Å². The second-order valence-electron chi connectivity index (χ2n) is 4.59. The molecule has 0 spiro atoms. The molecular weight excluding hydrogens is 230 g/mol. The first kappa shape index (κ1) is 12.7. The molecule has 0 saturated carbocycles. The Morgan fingerprint density at radius 3 is 3.00 bits per heavy atom. The number of aliphatic hydroxyl groups excluding tert-OH is 1. The predicted octanol–water partition coefficient (Wildman–Crippen LogP) is 0.589. The van der Waals surface area contributed by atoms with Gasteiger partial charge in [0.15, 0.2) is 0 Å². The van der Waals surface area contributed by atoms with Gasteiger partial charge in [-0.15, -0.1) is 0 Å². The Hall–Kier alpha value is -1.75. The molecule has 1 amide bonds. The summed E-state index contributed by atoms with van der Waals surface area (Å²) in [6, 6.07) is 5.23. The number of nitrogen functional groups attached to an aromatic ring is 1.